The number of amides is 2. The molecule has 2 amide bonds. The lowest BCUT2D eigenvalue weighted by Crippen LogP contribution is -2.29. The smallest absolute Gasteiger partial charge is 0.321 e. The van der Waals surface area contributed by atoms with Gasteiger partial charge in [-0.3, -0.25) is 14.9 Å². The molecule has 0 saturated heterocycles. The topological polar surface area (TPSA) is 118 Å². The zero-order valence-electron chi connectivity index (χ0n) is 13.5. The molecule has 1 unspecified atom stereocenters. The maximum Gasteiger partial charge on any atom is 0.321 e. The summed E-state index contributed by atoms with van der Waals surface area (Å²) in [6, 6.07) is -0.431. The van der Waals surface area contributed by atoms with Gasteiger partial charge in [0, 0.05) is 17.8 Å². The zero-order chi connectivity index (χ0) is 17.5. The Balaban J connectivity index is 1.92. The summed E-state index contributed by atoms with van der Waals surface area (Å²) in [6.45, 7) is 2.37. The molecule has 0 radical (unpaired) electrons. The van der Waals surface area contributed by atoms with E-state index in [1.54, 1.807) is 6.92 Å². The van der Waals surface area contributed by atoms with Gasteiger partial charge in [0.1, 0.15) is 5.92 Å². The Bertz CT molecular complexity index is 616. The van der Waals surface area contributed by atoms with Gasteiger partial charge in [-0.25, -0.2) is 9.78 Å². The van der Waals surface area contributed by atoms with Crippen LogP contribution in [0.25, 0.3) is 0 Å². The third-order valence-corrected chi connectivity index (χ3v) is 4.65. The SMILES string of the molecule is CCOC(=O)C1CCCc2sc(NC(=O)NCCCC(=O)O)nc21. The van der Waals surface area contributed by atoms with Gasteiger partial charge in [-0.15, -0.1) is 11.3 Å². The number of carbonyl (C=O) groups excluding carboxylic acids is 2. The van der Waals surface area contributed by atoms with Gasteiger partial charge in [-0.2, -0.15) is 0 Å². The van der Waals surface area contributed by atoms with Crippen LogP contribution < -0.4 is 10.6 Å². The molecule has 0 fully saturated rings. The highest BCUT2D eigenvalue weighted by molar-refractivity contribution is 7.15. The minimum Gasteiger partial charge on any atom is -0.481 e. The quantitative estimate of drug-likeness (QED) is 0.509. The van der Waals surface area contributed by atoms with Crippen molar-refractivity contribution in [1.82, 2.24) is 10.3 Å². The Morgan fingerprint density at radius 3 is 2.92 bits per heavy atom. The van der Waals surface area contributed by atoms with E-state index in [2.05, 4.69) is 15.6 Å². The fourth-order valence-electron chi connectivity index (χ4n) is 2.53. The van der Waals surface area contributed by atoms with E-state index >= 15 is 0 Å². The molecule has 2 rings (SSSR count). The number of aromatic nitrogens is 1. The summed E-state index contributed by atoms with van der Waals surface area (Å²) in [6.07, 6.45) is 2.80. The predicted octanol–water partition coefficient (Wildman–Crippen LogP) is 2.11. The van der Waals surface area contributed by atoms with Crippen molar-refractivity contribution >= 4 is 34.4 Å². The van der Waals surface area contributed by atoms with Crippen LogP contribution in [0.15, 0.2) is 0 Å². The maximum atomic E-state index is 12.0. The van der Waals surface area contributed by atoms with E-state index in [1.165, 1.54) is 11.3 Å². The standard InChI is InChI=1S/C15H21N3O5S/c1-2-23-13(21)9-5-3-6-10-12(9)17-15(24-10)18-14(22)16-8-4-7-11(19)20/h9H,2-8H2,1H3,(H,19,20)(H2,16,17,18,22). The number of anilines is 1. The number of carboxylic acids is 1. The number of esters is 1. The number of nitrogens with one attached hydrogen (secondary N) is 2. The third kappa shape index (κ3) is 4.92. The highest BCUT2D eigenvalue weighted by atomic mass is 32.1. The van der Waals surface area contributed by atoms with Crippen LogP contribution in [0.4, 0.5) is 9.93 Å². The van der Waals surface area contributed by atoms with Crippen molar-refractivity contribution in [2.75, 3.05) is 18.5 Å². The molecule has 24 heavy (non-hydrogen) atoms. The summed E-state index contributed by atoms with van der Waals surface area (Å²) in [5.74, 6) is -1.53. The van der Waals surface area contributed by atoms with Gasteiger partial charge in [-0.1, -0.05) is 0 Å². The Labute approximate surface area is 143 Å². The van der Waals surface area contributed by atoms with E-state index in [-0.39, 0.29) is 24.9 Å². The summed E-state index contributed by atoms with van der Waals surface area (Å²) in [4.78, 5) is 39.6. The minimum absolute atomic E-state index is 0.00699. The molecule has 1 aliphatic rings. The van der Waals surface area contributed by atoms with Crippen LogP contribution in [0, 0.1) is 0 Å². The number of hydrogen-bond donors (Lipinski definition) is 3. The van der Waals surface area contributed by atoms with Gasteiger partial charge < -0.3 is 15.2 Å². The van der Waals surface area contributed by atoms with Crippen molar-refractivity contribution in [3.8, 4) is 0 Å². The number of thiazole rings is 1. The fraction of sp³-hybridized carbons (Fsp3) is 0.600. The number of urea groups is 1. The average Bonchev–Trinajstić information content (AvgIpc) is 2.93. The van der Waals surface area contributed by atoms with Crippen molar-refractivity contribution in [2.45, 2.75) is 44.9 Å². The van der Waals surface area contributed by atoms with Gasteiger partial charge in [0.05, 0.1) is 12.3 Å². The molecule has 132 valence electrons. The zero-order valence-corrected chi connectivity index (χ0v) is 14.3. The molecule has 8 nitrogen and oxygen atoms in total. The van der Waals surface area contributed by atoms with Gasteiger partial charge >= 0.3 is 18.0 Å². The molecule has 0 spiro atoms. The molecule has 1 aromatic rings. The summed E-state index contributed by atoms with van der Waals surface area (Å²) >= 11 is 1.36. The van der Waals surface area contributed by atoms with Crippen LogP contribution in [0.1, 0.15) is 49.1 Å². The number of ether oxygens (including phenoxy) is 1. The lowest BCUT2D eigenvalue weighted by molar-refractivity contribution is -0.145. The van der Waals surface area contributed by atoms with Crippen molar-refractivity contribution in [1.29, 1.82) is 0 Å². The average molecular weight is 355 g/mol. The summed E-state index contributed by atoms with van der Waals surface area (Å²) in [5.41, 5.74) is 0.700. The van der Waals surface area contributed by atoms with E-state index in [4.69, 9.17) is 9.84 Å². The second-order valence-corrected chi connectivity index (χ2v) is 6.49. The molecule has 1 aromatic heterocycles. The number of fused-ring (bicyclic) bond motifs is 1. The molecule has 1 aliphatic carbocycles. The molecule has 0 bridgehead atoms. The molecule has 0 aromatic carbocycles. The molecule has 9 heteroatoms. The number of hydrogen-bond acceptors (Lipinski definition) is 6. The molecule has 1 atom stereocenters. The summed E-state index contributed by atoms with van der Waals surface area (Å²) < 4.78 is 5.09. The summed E-state index contributed by atoms with van der Waals surface area (Å²) in [5, 5.41) is 14.2. The van der Waals surface area contributed by atoms with Crippen molar-refractivity contribution in [3.05, 3.63) is 10.6 Å². The van der Waals surface area contributed by atoms with E-state index in [9.17, 15) is 14.4 Å². The number of rotatable bonds is 7. The molecular formula is C15H21N3O5S. The first-order valence-electron chi connectivity index (χ1n) is 7.94. The van der Waals surface area contributed by atoms with Crippen molar-refractivity contribution in [2.24, 2.45) is 0 Å². The molecular weight excluding hydrogens is 334 g/mol. The van der Waals surface area contributed by atoms with Crippen molar-refractivity contribution in [3.63, 3.8) is 0 Å². The number of aliphatic carboxylic acids is 1. The molecule has 3 N–H and O–H groups in total. The Morgan fingerprint density at radius 1 is 1.42 bits per heavy atom. The highest BCUT2D eigenvalue weighted by Gasteiger charge is 2.31. The number of nitrogens with zero attached hydrogens (tertiary/aromatic N) is 1. The first-order chi connectivity index (χ1) is 11.5. The van der Waals surface area contributed by atoms with Crippen LogP contribution in [0.3, 0.4) is 0 Å². The highest BCUT2D eigenvalue weighted by Crippen LogP contribution is 2.37. The third-order valence-electron chi connectivity index (χ3n) is 3.60. The minimum atomic E-state index is -0.894. The molecule has 1 heterocycles. The van der Waals surface area contributed by atoms with Crippen LogP contribution in [-0.4, -0.2) is 41.2 Å². The van der Waals surface area contributed by atoms with Crippen LogP contribution in [0.2, 0.25) is 0 Å². The van der Waals surface area contributed by atoms with Crippen molar-refractivity contribution < 1.29 is 24.2 Å². The second kappa shape index (κ2) is 8.62. The van der Waals surface area contributed by atoms with Gasteiger partial charge in [0.2, 0.25) is 0 Å². The van der Waals surface area contributed by atoms with E-state index in [1.807, 2.05) is 0 Å². The Morgan fingerprint density at radius 2 is 2.21 bits per heavy atom. The maximum absolute atomic E-state index is 12.0. The summed E-state index contributed by atoms with van der Waals surface area (Å²) in [7, 11) is 0. The van der Waals surface area contributed by atoms with E-state index in [0.717, 1.165) is 17.7 Å². The Kier molecular flexibility index (Phi) is 6.53. The first-order valence-corrected chi connectivity index (χ1v) is 8.75. The van der Waals surface area contributed by atoms with Crippen LogP contribution in [-0.2, 0) is 20.7 Å². The monoisotopic (exact) mass is 355 g/mol. The van der Waals surface area contributed by atoms with Gasteiger partial charge in [0.25, 0.3) is 0 Å². The molecule has 0 saturated carbocycles. The number of carbonyl (C=O) groups is 3. The largest absolute Gasteiger partial charge is 0.481 e. The molecule has 0 aliphatic heterocycles. The van der Waals surface area contributed by atoms with Crippen LogP contribution in [0.5, 0.6) is 0 Å². The van der Waals surface area contributed by atoms with Gasteiger partial charge in [0.15, 0.2) is 5.13 Å². The normalized spacial score (nSPS) is 16.1. The van der Waals surface area contributed by atoms with Crippen LogP contribution >= 0.6 is 11.3 Å². The fourth-order valence-corrected chi connectivity index (χ4v) is 3.59. The lowest BCUT2D eigenvalue weighted by Gasteiger charge is -2.19. The predicted molar refractivity (Wildman–Crippen MR) is 88.3 cm³/mol. The second-order valence-electron chi connectivity index (χ2n) is 5.40. The van der Waals surface area contributed by atoms with Gasteiger partial charge in [-0.05, 0) is 32.6 Å². The van der Waals surface area contributed by atoms with E-state index < -0.39 is 12.0 Å². The van der Waals surface area contributed by atoms with E-state index in [0.29, 0.717) is 30.3 Å². The first kappa shape index (κ1) is 18.2. The number of carboxylic acid groups (broad SMARTS) is 1. The lowest BCUT2D eigenvalue weighted by atomic mass is 9.91. The number of aryl methyl sites for hydroxylation is 1. The Hall–Kier alpha value is -2.16.